The summed E-state index contributed by atoms with van der Waals surface area (Å²) >= 11 is 0. The van der Waals surface area contributed by atoms with E-state index in [1.165, 1.54) is 0 Å². The second-order valence-corrected chi connectivity index (χ2v) is 6.00. The average Bonchev–Trinajstić information content (AvgIpc) is 2.68. The van der Waals surface area contributed by atoms with E-state index in [9.17, 15) is 4.79 Å². The normalized spacial score (nSPS) is 17.0. The number of carbonyl (C=O) groups is 1. The van der Waals surface area contributed by atoms with E-state index in [0.29, 0.717) is 5.75 Å². The van der Waals surface area contributed by atoms with Crippen molar-refractivity contribution in [1.29, 1.82) is 0 Å². The first-order valence-corrected chi connectivity index (χ1v) is 8.47. The summed E-state index contributed by atoms with van der Waals surface area (Å²) in [4.78, 5) is 18.7. The molecule has 132 valence electrons. The van der Waals surface area contributed by atoms with Crippen LogP contribution in [0.3, 0.4) is 0 Å². The fraction of sp³-hybridized carbons (Fsp3) is 0.368. The second kappa shape index (κ2) is 8.37. The van der Waals surface area contributed by atoms with Crippen molar-refractivity contribution in [2.45, 2.75) is 18.9 Å². The van der Waals surface area contributed by atoms with E-state index in [1.807, 2.05) is 18.2 Å². The highest BCUT2D eigenvalue weighted by Gasteiger charge is 2.22. The Morgan fingerprint density at radius 3 is 2.76 bits per heavy atom. The van der Waals surface area contributed by atoms with Crippen molar-refractivity contribution >= 4 is 11.7 Å². The molecule has 2 aromatic rings. The lowest BCUT2D eigenvalue weighted by Crippen LogP contribution is -2.49. The van der Waals surface area contributed by atoms with Crippen molar-refractivity contribution in [2.75, 3.05) is 31.7 Å². The predicted molar refractivity (Wildman–Crippen MR) is 96.1 cm³/mol. The number of anilines is 1. The number of piperidine rings is 1. The number of rotatable bonds is 6. The van der Waals surface area contributed by atoms with Gasteiger partial charge in [0.2, 0.25) is 0 Å². The molecule has 1 aliphatic heterocycles. The van der Waals surface area contributed by atoms with Crippen LogP contribution in [-0.4, -0.2) is 43.7 Å². The molecular weight excluding hydrogens is 318 g/mol. The molecule has 3 rings (SSSR count). The van der Waals surface area contributed by atoms with Crippen LogP contribution in [0, 0.1) is 0 Å². The van der Waals surface area contributed by atoms with Gasteiger partial charge in [0, 0.05) is 25.3 Å². The van der Waals surface area contributed by atoms with Crippen molar-refractivity contribution in [1.82, 2.24) is 10.3 Å². The standard InChI is InChI=1S/C19H23N3O3/c1-24-16-7-9-17(10-8-16)25-14-19(23)21-15-5-4-12-22(13-15)18-6-2-3-11-20-18/h2-3,6-11,15H,4-5,12-14H2,1H3,(H,21,23)/t15-/m1/s1. The summed E-state index contributed by atoms with van der Waals surface area (Å²) in [5.74, 6) is 2.25. The zero-order valence-corrected chi connectivity index (χ0v) is 14.4. The first-order valence-electron chi connectivity index (χ1n) is 8.47. The summed E-state index contributed by atoms with van der Waals surface area (Å²) in [6.07, 6.45) is 3.79. The van der Waals surface area contributed by atoms with E-state index < -0.39 is 0 Å². The molecule has 1 atom stereocenters. The van der Waals surface area contributed by atoms with E-state index in [2.05, 4.69) is 15.2 Å². The number of carbonyl (C=O) groups excluding carboxylic acids is 1. The third kappa shape index (κ3) is 4.86. The van der Waals surface area contributed by atoms with E-state index >= 15 is 0 Å². The maximum absolute atomic E-state index is 12.2. The molecule has 6 heteroatoms. The van der Waals surface area contributed by atoms with Gasteiger partial charge >= 0.3 is 0 Å². The molecule has 0 saturated carbocycles. The van der Waals surface area contributed by atoms with E-state index in [4.69, 9.17) is 9.47 Å². The highest BCUT2D eigenvalue weighted by molar-refractivity contribution is 5.78. The molecule has 1 aliphatic rings. The highest BCUT2D eigenvalue weighted by Crippen LogP contribution is 2.18. The number of hydrogen-bond donors (Lipinski definition) is 1. The van der Waals surface area contributed by atoms with Crippen LogP contribution in [-0.2, 0) is 4.79 Å². The molecular formula is C19H23N3O3. The second-order valence-electron chi connectivity index (χ2n) is 6.00. The van der Waals surface area contributed by atoms with Gasteiger partial charge in [-0.05, 0) is 49.2 Å². The monoisotopic (exact) mass is 341 g/mol. The summed E-state index contributed by atoms with van der Waals surface area (Å²) < 4.78 is 10.6. The van der Waals surface area contributed by atoms with Crippen LogP contribution in [0.25, 0.3) is 0 Å². The number of pyridine rings is 1. The van der Waals surface area contributed by atoms with E-state index in [-0.39, 0.29) is 18.6 Å². The van der Waals surface area contributed by atoms with Crippen LogP contribution in [0.5, 0.6) is 11.5 Å². The number of benzene rings is 1. The van der Waals surface area contributed by atoms with Gasteiger partial charge in [-0.15, -0.1) is 0 Å². The Labute approximate surface area is 147 Å². The lowest BCUT2D eigenvalue weighted by molar-refractivity contribution is -0.123. The maximum atomic E-state index is 12.2. The van der Waals surface area contributed by atoms with Gasteiger partial charge in [0.1, 0.15) is 17.3 Å². The quantitative estimate of drug-likeness (QED) is 0.873. The molecule has 1 saturated heterocycles. The van der Waals surface area contributed by atoms with Crippen molar-refractivity contribution in [2.24, 2.45) is 0 Å². The zero-order valence-electron chi connectivity index (χ0n) is 14.4. The molecule has 1 N–H and O–H groups in total. The maximum Gasteiger partial charge on any atom is 0.258 e. The number of aromatic nitrogens is 1. The summed E-state index contributed by atoms with van der Waals surface area (Å²) in [6.45, 7) is 1.74. The summed E-state index contributed by atoms with van der Waals surface area (Å²) in [7, 11) is 1.61. The largest absolute Gasteiger partial charge is 0.497 e. The molecule has 1 fully saturated rings. The topological polar surface area (TPSA) is 63.7 Å². The molecule has 1 amide bonds. The third-order valence-corrected chi connectivity index (χ3v) is 4.19. The molecule has 6 nitrogen and oxygen atoms in total. The smallest absolute Gasteiger partial charge is 0.258 e. The van der Waals surface area contributed by atoms with Crippen LogP contribution >= 0.6 is 0 Å². The van der Waals surface area contributed by atoms with Crippen LogP contribution in [0.2, 0.25) is 0 Å². The van der Waals surface area contributed by atoms with Gasteiger partial charge in [-0.25, -0.2) is 4.98 Å². The van der Waals surface area contributed by atoms with Crippen molar-refractivity contribution in [3.63, 3.8) is 0 Å². The van der Waals surface area contributed by atoms with Crippen molar-refractivity contribution in [3.05, 3.63) is 48.7 Å². The first kappa shape index (κ1) is 17.1. The van der Waals surface area contributed by atoms with Crippen LogP contribution in [0.15, 0.2) is 48.7 Å². The molecule has 0 bridgehead atoms. The minimum absolute atomic E-state index is 0.00636. The molecule has 25 heavy (non-hydrogen) atoms. The third-order valence-electron chi connectivity index (χ3n) is 4.19. The van der Waals surface area contributed by atoms with Gasteiger partial charge in [0.05, 0.1) is 7.11 Å². The summed E-state index contributed by atoms with van der Waals surface area (Å²) in [6, 6.07) is 13.2. The average molecular weight is 341 g/mol. The highest BCUT2D eigenvalue weighted by atomic mass is 16.5. The Balaban J connectivity index is 1.47. The van der Waals surface area contributed by atoms with Crippen LogP contribution in [0.4, 0.5) is 5.82 Å². The van der Waals surface area contributed by atoms with E-state index in [0.717, 1.165) is 37.5 Å². The number of nitrogens with one attached hydrogen (secondary N) is 1. The van der Waals surface area contributed by atoms with Gasteiger partial charge < -0.3 is 19.7 Å². The molecule has 1 aromatic heterocycles. The van der Waals surface area contributed by atoms with Crippen molar-refractivity contribution in [3.8, 4) is 11.5 Å². The van der Waals surface area contributed by atoms with Gasteiger partial charge in [0.15, 0.2) is 6.61 Å². The minimum Gasteiger partial charge on any atom is -0.497 e. The van der Waals surface area contributed by atoms with Crippen LogP contribution in [0.1, 0.15) is 12.8 Å². The predicted octanol–water partition coefficient (Wildman–Crippen LogP) is 2.25. The number of hydrogen-bond acceptors (Lipinski definition) is 5. The lowest BCUT2D eigenvalue weighted by Gasteiger charge is -2.33. The lowest BCUT2D eigenvalue weighted by atomic mass is 10.1. The van der Waals surface area contributed by atoms with Gasteiger partial charge in [-0.1, -0.05) is 6.07 Å². The van der Waals surface area contributed by atoms with Gasteiger partial charge in [-0.2, -0.15) is 0 Å². The molecule has 0 radical (unpaired) electrons. The van der Waals surface area contributed by atoms with Crippen LogP contribution < -0.4 is 19.7 Å². The number of amides is 1. The Kier molecular flexibility index (Phi) is 5.72. The van der Waals surface area contributed by atoms with Gasteiger partial charge in [0.25, 0.3) is 5.91 Å². The summed E-state index contributed by atoms with van der Waals surface area (Å²) in [5.41, 5.74) is 0. The minimum atomic E-state index is -0.108. The molecule has 0 spiro atoms. The molecule has 1 aromatic carbocycles. The zero-order chi connectivity index (χ0) is 17.5. The SMILES string of the molecule is COc1ccc(OCC(=O)N[C@@H]2CCCN(c3ccccn3)C2)cc1. The first-order chi connectivity index (χ1) is 12.2. The summed E-state index contributed by atoms with van der Waals surface area (Å²) in [5, 5.41) is 3.05. The number of methoxy groups -OCH3 is 1. The Morgan fingerprint density at radius 1 is 1.24 bits per heavy atom. The van der Waals surface area contributed by atoms with E-state index in [1.54, 1.807) is 37.6 Å². The van der Waals surface area contributed by atoms with Crippen molar-refractivity contribution < 1.29 is 14.3 Å². The molecule has 0 aliphatic carbocycles. The Morgan fingerprint density at radius 2 is 2.04 bits per heavy atom. The number of nitrogens with zero attached hydrogens (tertiary/aromatic N) is 2. The fourth-order valence-corrected chi connectivity index (χ4v) is 2.93. The molecule has 2 heterocycles. The fourth-order valence-electron chi connectivity index (χ4n) is 2.93. The number of ether oxygens (including phenoxy) is 2. The molecule has 0 unspecified atom stereocenters. The van der Waals surface area contributed by atoms with Gasteiger partial charge in [-0.3, -0.25) is 4.79 Å². The Bertz CT molecular complexity index is 676. The Hall–Kier alpha value is -2.76.